The minimum Gasteiger partial charge on any atom is -0.486 e. The predicted molar refractivity (Wildman–Crippen MR) is 142 cm³/mol. The Morgan fingerprint density at radius 2 is 1.78 bits per heavy atom. The summed E-state index contributed by atoms with van der Waals surface area (Å²) in [6.45, 7) is 5.83. The van der Waals surface area contributed by atoms with Gasteiger partial charge in [-0.1, -0.05) is 18.2 Å². The van der Waals surface area contributed by atoms with Crippen LogP contribution in [0, 0.1) is 6.92 Å². The van der Waals surface area contributed by atoms with Crippen molar-refractivity contribution in [3.05, 3.63) is 80.5 Å². The summed E-state index contributed by atoms with van der Waals surface area (Å²) >= 11 is 1.74. The fraction of sp³-hybridized carbons (Fsp3) is 0.357. The predicted octanol–water partition coefficient (Wildman–Crippen LogP) is 4.76. The van der Waals surface area contributed by atoms with Gasteiger partial charge >= 0.3 is 0 Å². The van der Waals surface area contributed by atoms with Gasteiger partial charge in [0.15, 0.2) is 11.5 Å². The summed E-state index contributed by atoms with van der Waals surface area (Å²) in [4.78, 5) is 20.7. The van der Waals surface area contributed by atoms with Crippen molar-refractivity contribution in [1.29, 1.82) is 0 Å². The summed E-state index contributed by atoms with van der Waals surface area (Å²) in [6, 6.07) is 15.9. The number of piperidine rings is 1. The summed E-state index contributed by atoms with van der Waals surface area (Å²) in [7, 11) is 1.96. The van der Waals surface area contributed by atoms with E-state index in [4.69, 9.17) is 14.5 Å². The maximum atomic E-state index is 13.3. The van der Waals surface area contributed by atoms with E-state index in [-0.39, 0.29) is 5.56 Å². The molecule has 0 saturated carbocycles. The molecule has 0 radical (unpaired) electrons. The number of likely N-dealkylation sites (tertiary alicyclic amines) is 1. The fourth-order valence-corrected chi connectivity index (χ4v) is 6.18. The number of rotatable bonds is 5. The zero-order valence-corrected chi connectivity index (χ0v) is 21.5. The standard InChI is InChI=1S/C28H30N4O3S/c1-19-23(28(33)32(30(19)2)22-6-4-3-5-7-22)17-31-12-10-20(11-13-31)27-29-24(18-36-27)21-8-9-25-26(16-21)35-15-14-34-25/h3-9,16,18,20H,10-15,17H2,1-2H3. The van der Waals surface area contributed by atoms with Crippen LogP contribution in [0.1, 0.15) is 35.0 Å². The highest BCUT2D eigenvalue weighted by molar-refractivity contribution is 7.10. The Hall–Kier alpha value is -3.36. The number of hydrogen-bond acceptors (Lipinski definition) is 6. The molecule has 8 heteroatoms. The van der Waals surface area contributed by atoms with Gasteiger partial charge in [-0.25, -0.2) is 9.67 Å². The third kappa shape index (κ3) is 4.24. The van der Waals surface area contributed by atoms with Crippen molar-refractivity contribution < 1.29 is 9.47 Å². The van der Waals surface area contributed by atoms with Crippen molar-refractivity contribution >= 4 is 11.3 Å². The van der Waals surface area contributed by atoms with E-state index in [1.807, 2.05) is 61.1 Å². The summed E-state index contributed by atoms with van der Waals surface area (Å²) in [6.07, 6.45) is 2.10. The van der Waals surface area contributed by atoms with Gasteiger partial charge in [-0.05, 0) is 63.2 Å². The topological polar surface area (TPSA) is 61.5 Å². The van der Waals surface area contributed by atoms with Crippen LogP contribution < -0.4 is 15.0 Å². The molecule has 2 aromatic carbocycles. The van der Waals surface area contributed by atoms with Gasteiger partial charge in [0.1, 0.15) is 13.2 Å². The second kappa shape index (κ2) is 9.59. The molecule has 0 unspecified atom stereocenters. The largest absolute Gasteiger partial charge is 0.486 e. The summed E-state index contributed by atoms with van der Waals surface area (Å²) in [5.74, 6) is 2.05. The molecule has 186 valence electrons. The number of hydrogen-bond donors (Lipinski definition) is 0. The van der Waals surface area contributed by atoms with Gasteiger partial charge in [0.2, 0.25) is 0 Å². The number of aromatic nitrogens is 3. The molecule has 2 aliphatic rings. The second-order valence-electron chi connectivity index (χ2n) is 9.52. The summed E-state index contributed by atoms with van der Waals surface area (Å²) in [5.41, 5.74) is 4.94. The Labute approximate surface area is 214 Å². The Balaban J connectivity index is 1.13. The van der Waals surface area contributed by atoms with Gasteiger partial charge in [-0.3, -0.25) is 14.4 Å². The van der Waals surface area contributed by atoms with Crippen molar-refractivity contribution in [1.82, 2.24) is 19.2 Å². The van der Waals surface area contributed by atoms with Crippen LogP contribution in [0.4, 0.5) is 0 Å². The van der Waals surface area contributed by atoms with Crippen LogP contribution in [0.25, 0.3) is 16.9 Å². The molecule has 0 bridgehead atoms. The number of thiazole rings is 1. The lowest BCUT2D eigenvalue weighted by molar-refractivity contribution is 0.171. The molecule has 6 rings (SSSR count). The van der Waals surface area contributed by atoms with Gasteiger partial charge in [-0.2, -0.15) is 0 Å². The zero-order chi connectivity index (χ0) is 24.6. The molecule has 0 N–H and O–H groups in total. The summed E-state index contributed by atoms with van der Waals surface area (Å²) in [5, 5.41) is 3.34. The molecule has 0 atom stereocenters. The van der Waals surface area contributed by atoms with E-state index in [9.17, 15) is 4.79 Å². The number of para-hydroxylation sites is 1. The average molecular weight is 503 g/mol. The van der Waals surface area contributed by atoms with E-state index in [0.29, 0.717) is 25.7 Å². The number of benzene rings is 2. The minimum atomic E-state index is 0.0762. The first-order valence-electron chi connectivity index (χ1n) is 12.5. The Kier molecular flexibility index (Phi) is 6.15. The Morgan fingerprint density at radius 1 is 1.03 bits per heavy atom. The first-order chi connectivity index (χ1) is 17.6. The van der Waals surface area contributed by atoms with Crippen molar-refractivity contribution in [2.45, 2.75) is 32.2 Å². The lowest BCUT2D eigenvalue weighted by Gasteiger charge is -2.30. The SMILES string of the molecule is Cc1c(CN2CCC(c3nc(-c4ccc5c(c4)OCCO5)cs3)CC2)c(=O)n(-c2ccccc2)n1C. The van der Waals surface area contributed by atoms with Crippen LogP contribution in [-0.4, -0.2) is 45.6 Å². The highest BCUT2D eigenvalue weighted by Crippen LogP contribution is 2.37. The summed E-state index contributed by atoms with van der Waals surface area (Å²) < 4.78 is 15.1. The third-order valence-corrected chi connectivity index (χ3v) is 8.36. The number of ether oxygens (including phenoxy) is 2. The first-order valence-corrected chi connectivity index (χ1v) is 13.4. The maximum Gasteiger partial charge on any atom is 0.276 e. The molecule has 0 aliphatic carbocycles. The molecule has 1 fully saturated rings. The van der Waals surface area contributed by atoms with Crippen LogP contribution in [0.3, 0.4) is 0 Å². The monoisotopic (exact) mass is 502 g/mol. The molecule has 0 amide bonds. The van der Waals surface area contributed by atoms with E-state index in [1.165, 1.54) is 5.01 Å². The molecule has 36 heavy (non-hydrogen) atoms. The maximum absolute atomic E-state index is 13.3. The van der Waals surface area contributed by atoms with Crippen molar-refractivity contribution in [3.63, 3.8) is 0 Å². The smallest absolute Gasteiger partial charge is 0.276 e. The van der Waals surface area contributed by atoms with Crippen LogP contribution in [0.15, 0.2) is 58.7 Å². The quantitative estimate of drug-likeness (QED) is 0.394. The molecule has 2 aliphatic heterocycles. The fourth-order valence-electron chi connectivity index (χ4n) is 5.18. The molecule has 2 aromatic heterocycles. The van der Waals surface area contributed by atoms with E-state index in [1.54, 1.807) is 16.0 Å². The second-order valence-corrected chi connectivity index (χ2v) is 10.4. The number of nitrogens with zero attached hydrogens (tertiary/aromatic N) is 4. The van der Waals surface area contributed by atoms with Crippen LogP contribution in [-0.2, 0) is 13.6 Å². The van der Waals surface area contributed by atoms with Crippen molar-refractivity contribution in [2.24, 2.45) is 7.05 Å². The van der Waals surface area contributed by atoms with E-state index >= 15 is 0 Å². The van der Waals surface area contributed by atoms with Crippen LogP contribution >= 0.6 is 11.3 Å². The third-order valence-electron chi connectivity index (χ3n) is 7.35. The molecule has 1 saturated heterocycles. The highest BCUT2D eigenvalue weighted by atomic mass is 32.1. The van der Waals surface area contributed by atoms with E-state index in [0.717, 1.165) is 65.6 Å². The van der Waals surface area contributed by atoms with Crippen LogP contribution in [0.2, 0.25) is 0 Å². The van der Waals surface area contributed by atoms with Crippen molar-refractivity contribution in [3.8, 4) is 28.4 Å². The van der Waals surface area contributed by atoms with Gasteiger partial charge < -0.3 is 9.47 Å². The molecule has 4 heterocycles. The van der Waals surface area contributed by atoms with E-state index < -0.39 is 0 Å². The minimum absolute atomic E-state index is 0.0762. The van der Waals surface area contributed by atoms with Gasteiger partial charge in [-0.15, -0.1) is 11.3 Å². The lowest BCUT2D eigenvalue weighted by atomic mass is 9.97. The van der Waals surface area contributed by atoms with Crippen molar-refractivity contribution in [2.75, 3.05) is 26.3 Å². The highest BCUT2D eigenvalue weighted by Gasteiger charge is 2.26. The molecule has 4 aromatic rings. The lowest BCUT2D eigenvalue weighted by Crippen LogP contribution is -2.34. The normalized spacial score (nSPS) is 16.4. The number of fused-ring (bicyclic) bond motifs is 1. The zero-order valence-electron chi connectivity index (χ0n) is 20.6. The van der Waals surface area contributed by atoms with Gasteiger partial charge in [0.25, 0.3) is 5.56 Å². The van der Waals surface area contributed by atoms with E-state index in [2.05, 4.69) is 16.3 Å². The molecular weight excluding hydrogens is 472 g/mol. The van der Waals surface area contributed by atoms with Gasteiger partial charge in [0.05, 0.1) is 22.0 Å². The molecule has 7 nitrogen and oxygen atoms in total. The average Bonchev–Trinajstić information content (AvgIpc) is 3.49. The van der Waals surface area contributed by atoms with Crippen LogP contribution in [0.5, 0.6) is 11.5 Å². The molecule has 0 spiro atoms. The first kappa shape index (κ1) is 23.1. The Bertz CT molecular complexity index is 1430. The Morgan fingerprint density at radius 3 is 2.56 bits per heavy atom. The van der Waals surface area contributed by atoms with Gasteiger partial charge in [0, 0.05) is 36.1 Å². The molecular formula is C28H30N4O3S.